The maximum absolute atomic E-state index is 11.2. The van der Waals surface area contributed by atoms with Gasteiger partial charge in [-0.1, -0.05) is 11.2 Å². The molecule has 2 N–H and O–H groups in total. The van der Waals surface area contributed by atoms with E-state index in [0.717, 1.165) is 6.21 Å². The summed E-state index contributed by atoms with van der Waals surface area (Å²) in [5, 5.41) is 20.4. The minimum Gasteiger partial charge on any atom is -0.507 e. The molecule has 0 bridgehead atoms. The van der Waals surface area contributed by atoms with Crippen LogP contribution in [0.5, 0.6) is 5.75 Å². The highest BCUT2D eigenvalue weighted by molar-refractivity contribution is 6.00. The lowest BCUT2D eigenvalue weighted by molar-refractivity contribution is 0.0600. The third-order valence-corrected chi connectivity index (χ3v) is 1.68. The second-order valence-electron chi connectivity index (χ2n) is 2.47. The van der Waals surface area contributed by atoms with Gasteiger partial charge in [0.1, 0.15) is 5.75 Å². The van der Waals surface area contributed by atoms with Crippen molar-refractivity contribution in [3.63, 3.8) is 0 Å². The highest BCUT2D eigenvalue weighted by Gasteiger charge is 2.13. The fraction of sp³-hybridized carbons (Fsp3) is 0.111. The van der Waals surface area contributed by atoms with Crippen LogP contribution in [0.1, 0.15) is 15.9 Å². The molecule has 1 aromatic rings. The van der Waals surface area contributed by atoms with Crippen LogP contribution in [0.25, 0.3) is 0 Å². The van der Waals surface area contributed by atoms with E-state index < -0.39 is 5.97 Å². The molecule has 14 heavy (non-hydrogen) atoms. The third kappa shape index (κ3) is 1.82. The van der Waals surface area contributed by atoms with Crippen LogP contribution in [-0.4, -0.2) is 29.6 Å². The zero-order valence-corrected chi connectivity index (χ0v) is 7.47. The number of nitrogens with zero attached hydrogens (tertiary/aromatic N) is 1. The van der Waals surface area contributed by atoms with Crippen LogP contribution in [0.15, 0.2) is 23.4 Å². The quantitative estimate of drug-likeness (QED) is 0.319. The summed E-state index contributed by atoms with van der Waals surface area (Å²) < 4.78 is 4.48. The van der Waals surface area contributed by atoms with Crippen LogP contribution >= 0.6 is 0 Å². The number of oxime groups is 1. The minimum absolute atomic E-state index is 0.127. The number of esters is 1. The van der Waals surface area contributed by atoms with Gasteiger partial charge in [-0.3, -0.25) is 0 Å². The van der Waals surface area contributed by atoms with Crippen LogP contribution in [0.3, 0.4) is 0 Å². The predicted molar refractivity (Wildman–Crippen MR) is 48.8 cm³/mol. The number of aromatic hydroxyl groups is 1. The maximum Gasteiger partial charge on any atom is 0.338 e. The van der Waals surface area contributed by atoms with Gasteiger partial charge < -0.3 is 15.1 Å². The third-order valence-electron chi connectivity index (χ3n) is 1.68. The number of carbonyl (C=O) groups is 1. The first kappa shape index (κ1) is 10.0. The molecule has 0 saturated carbocycles. The lowest BCUT2D eigenvalue weighted by atomic mass is 10.1. The number of hydrogen-bond acceptors (Lipinski definition) is 5. The molecule has 0 aliphatic heterocycles. The first-order valence-corrected chi connectivity index (χ1v) is 3.78. The summed E-state index contributed by atoms with van der Waals surface area (Å²) >= 11 is 0. The number of hydrogen-bond donors (Lipinski definition) is 2. The van der Waals surface area contributed by atoms with E-state index >= 15 is 0 Å². The van der Waals surface area contributed by atoms with Gasteiger partial charge in [0.05, 0.1) is 24.5 Å². The zero-order valence-electron chi connectivity index (χ0n) is 7.47. The summed E-state index contributed by atoms with van der Waals surface area (Å²) in [5.74, 6) is -0.749. The smallest absolute Gasteiger partial charge is 0.338 e. The van der Waals surface area contributed by atoms with Crippen LogP contribution in [0, 0.1) is 0 Å². The number of rotatable bonds is 2. The SMILES string of the molecule is COC(=O)c1cccc(O)c1C=NO. The second-order valence-corrected chi connectivity index (χ2v) is 2.47. The van der Waals surface area contributed by atoms with Gasteiger partial charge in [-0.25, -0.2) is 4.79 Å². The van der Waals surface area contributed by atoms with Crippen LogP contribution in [0.4, 0.5) is 0 Å². The number of carbonyl (C=O) groups excluding carboxylic acids is 1. The van der Waals surface area contributed by atoms with Crippen molar-refractivity contribution in [3.05, 3.63) is 29.3 Å². The molecule has 0 heterocycles. The molecule has 0 aromatic heterocycles. The highest BCUT2D eigenvalue weighted by Crippen LogP contribution is 2.19. The van der Waals surface area contributed by atoms with Crippen molar-refractivity contribution in [1.82, 2.24) is 0 Å². The van der Waals surface area contributed by atoms with Crippen molar-refractivity contribution in [3.8, 4) is 5.75 Å². The minimum atomic E-state index is -0.601. The monoisotopic (exact) mass is 195 g/mol. The number of methoxy groups -OCH3 is 1. The molecule has 0 amide bonds. The summed E-state index contributed by atoms with van der Waals surface area (Å²) in [6.45, 7) is 0. The Balaban J connectivity index is 3.27. The van der Waals surface area contributed by atoms with Crippen molar-refractivity contribution in [1.29, 1.82) is 0 Å². The van der Waals surface area contributed by atoms with Gasteiger partial charge in [-0.05, 0) is 12.1 Å². The molecule has 0 spiro atoms. The van der Waals surface area contributed by atoms with Crippen LogP contribution in [0.2, 0.25) is 0 Å². The first-order valence-electron chi connectivity index (χ1n) is 3.78. The molecule has 0 aliphatic rings. The van der Waals surface area contributed by atoms with E-state index in [1.807, 2.05) is 0 Å². The van der Waals surface area contributed by atoms with Gasteiger partial charge in [-0.2, -0.15) is 0 Å². The number of benzene rings is 1. The van der Waals surface area contributed by atoms with Gasteiger partial charge in [0.15, 0.2) is 0 Å². The van der Waals surface area contributed by atoms with Crippen molar-refractivity contribution < 1.29 is 19.8 Å². The number of ether oxygens (including phenoxy) is 1. The summed E-state index contributed by atoms with van der Waals surface area (Å²) in [6, 6.07) is 4.34. The van der Waals surface area contributed by atoms with E-state index in [9.17, 15) is 9.90 Å². The van der Waals surface area contributed by atoms with Gasteiger partial charge in [0.2, 0.25) is 0 Å². The molecule has 0 fully saturated rings. The molecule has 0 radical (unpaired) electrons. The Labute approximate surface area is 80.2 Å². The van der Waals surface area contributed by atoms with Crippen molar-refractivity contribution in [2.24, 2.45) is 5.16 Å². The first-order chi connectivity index (χ1) is 6.70. The fourth-order valence-electron chi connectivity index (χ4n) is 1.03. The summed E-state index contributed by atoms with van der Waals surface area (Å²) in [5.41, 5.74) is 0.271. The summed E-state index contributed by atoms with van der Waals surface area (Å²) in [4.78, 5) is 11.2. The van der Waals surface area contributed by atoms with E-state index in [-0.39, 0.29) is 16.9 Å². The molecule has 5 heteroatoms. The Hall–Kier alpha value is -2.04. The molecular weight excluding hydrogens is 186 g/mol. The predicted octanol–water partition coefficient (Wildman–Crippen LogP) is 0.987. The molecule has 1 aromatic carbocycles. The van der Waals surface area contributed by atoms with Gasteiger partial charge in [0.25, 0.3) is 0 Å². The molecule has 0 aliphatic carbocycles. The average molecular weight is 195 g/mol. The van der Waals surface area contributed by atoms with Gasteiger partial charge >= 0.3 is 5.97 Å². The highest BCUT2D eigenvalue weighted by atomic mass is 16.5. The largest absolute Gasteiger partial charge is 0.507 e. The summed E-state index contributed by atoms with van der Waals surface area (Å²) in [7, 11) is 1.23. The van der Waals surface area contributed by atoms with E-state index in [2.05, 4.69) is 9.89 Å². The molecule has 0 unspecified atom stereocenters. The van der Waals surface area contributed by atoms with E-state index in [1.165, 1.54) is 25.3 Å². The van der Waals surface area contributed by atoms with Crippen molar-refractivity contribution >= 4 is 12.2 Å². The van der Waals surface area contributed by atoms with E-state index in [0.29, 0.717) is 0 Å². The van der Waals surface area contributed by atoms with Crippen LogP contribution < -0.4 is 0 Å². The van der Waals surface area contributed by atoms with E-state index in [4.69, 9.17) is 5.21 Å². The summed E-state index contributed by atoms with van der Waals surface area (Å²) in [6.07, 6.45) is 0.974. The normalized spacial score (nSPS) is 10.4. The lowest BCUT2D eigenvalue weighted by Crippen LogP contribution is -2.05. The fourth-order valence-corrected chi connectivity index (χ4v) is 1.03. The number of phenols is 1. The topological polar surface area (TPSA) is 79.1 Å². The Morgan fingerprint density at radius 2 is 2.29 bits per heavy atom. The Bertz CT molecular complexity index is 373. The standard InChI is InChI=1S/C9H9NO4/c1-14-9(12)6-3-2-4-8(11)7(6)5-10-13/h2-5,11,13H,1H3. The van der Waals surface area contributed by atoms with Gasteiger partial charge in [0, 0.05) is 0 Å². The van der Waals surface area contributed by atoms with Crippen molar-refractivity contribution in [2.45, 2.75) is 0 Å². The Morgan fingerprint density at radius 1 is 1.57 bits per heavy atom. The van der Waals surface area contributed by atoms with E-state index in [1.54, 1.807) is 0 Å². The van der Waals surface area contributed by atoms with Crippen LogP contribution in [-0.2, 0) is 4.74 Å². The average Bonchev–Trinajstić information content (AvgIpc) is 2.20. The number of phenolic OH excluding ortho intramolecular Hbond substituents is 1. The zero-order chi connectivity index (χ0) is 10.6. The molecular formula is C9H9NO4. The maximum atomic E-state index is 11.2. The molecule has 0 saturated heterocycles. The molecule has 1 rings (SSSR count). The van der Waals surface area contributed by atoms with Gasteiger partial charge in [-0.15, -0.1) is 0 Å². The molecule has 74 valence electrons. The lowest BCUT2D eigenvalue weighted by Gasteiger charge is -2.04. The second kappa shape index (κ2) is 4.27. The molecule has 0 atom stereocenters. The Kier molecular flexibility index (Phi) is 3.06. The van der Waals surface area contributed by atoms with Crippen molar-refractivity contribution in [2.75, 3.05) is 7.11 Å². The molecule has 5 nitrogen and oxygen atoms in total. The Morgan fingerprint density at radius 3 is 2.86 bits per heavy atom.